The third-order valence-corrected chi connectivity index (χ3v) is 3.15. The minimum Gasteiger partial charge on any atom is -0.495 e. The van der Waals surface area contributed by atoms with Crippen LogP contribution >= 0.6 is 0 Å². The topological polar surface area (TPSA) is 43.4 Å². The van der Waals surface area contributed by atoms with Crippen LogP contribution in [0.2, 0.25) is 0 Å². The Morgan fingerprint density at radius 3 is 2.50 bits per heavy atom. The van der Waals surface area contributed by atoms with E-state index in [1.54, 1.807) is 25.6 Å². The highest BCUT2D eigenvalue weighted by molar-refractivity contribution is 5.41. The molecule has 0 saturated carbocycles. The standard InChI is InChI=1S/C15H17FN2O2/c1-17-15(11-6-7-18-9-14(11)20-3)10-4-5-13(19-2)12(16)8-10/h4-9,15,17H,1-3H3. The van der Waals surface area contributed by atoms with Crippen molar-refractivity contribution in [1.82, 2.24) is 10.3 Å². The molecule has 0 bridgehead atoms. The molecular weight excluding hydrogens is 259 g/mol. The molecule has 1 N–H and O–H groups in total. The lowest BCUT2D eigenvalue weighted by Crippen LogP contribution is -2.18. The molecule has 5 heteroatoms. The van der Waals surface area contributed by atoms with Gasteiger partial charge in [0.25, 0.3) is 0 Å². The second-order valence-corrected chi connectivity index (χ2v) is 4.23. The second-order valence-electron chi connectivity index (χ2n) is 4.23. The van der Waals surface area contributed by atoms with Crippen LogP contribution in [0, 0.1) is 5.82 Å². The molecule has 0 fully saturated rings. The summed E-state index contributed by atoms with van der Waals surface area (Å²) in [4.78, 5) is 4.02. The van der Waals surface area contributed by atoms with E-state index in [4.69, 9.17) is 9.47 Å². The monoisotopic (exact) mass is 276 g/mol. The van der Waals surface area contributed by atoms with Gasteiger partial charge in [0.2, 0.25) is 0 Å². The van der Waals surface area contributed by atoms with E-state index in [2.05, 4.69) is 10.3 Å². The lowest BCUT2D eigenvalue weighted by Gasteiger charge is -2.20. The SMILES string of the molecule is CNC(c1ccc(OC)c(F)c1)c1ccncc1OC. The van der Waals surface area contributed by atoms with Crippen LogP contribution in [0.1, 0.15) is 17.2 Å². The maximum absolute atomic E-state index is 13.8. The summed E-state index contributed by atoms with van der Waals surface area (Å²) < 4.78 is 24.1. The number of nitrogens with one attached hydrogen (secondary N) is 1. The van der Waals surface area contributed by atoms with Crippen LogP contribution in [0.25, 0.3) is 0 Å². The summed E-state index contributed by atoms with van der Waals surface area (Å²) in [5.74, 6) is 0.492. The van der Waals surface area contributed by atoms with Gasteiger partial charge in [-0.2, -0.15) is 0 Å². The number of halogens is 1. The molecule has 1 heterocycles. The smallest absolute Gasteiger partial charge is 0.165 e. The van der Waals surface area contributed by atoms with Gasteiger partial charge in [-0.25, -0.2) is 4.39 Å². The van der Waals surface area contributed by atoms with E-state index in [1.165, 1.54) is 13.2 Å². The molecule has 4 nitrogen and oxygen atoms in total. The number of pyridine rings is 1. The van der Waals surface area contributed by atoms with Gasteiger partial charge in [-0.05, 0) is 30.8 Å². The van der Waals surface area contributed by atoms with Gasteiger partial charge in [0.1, 0.15) is 5.75 Å². The van der Waals surface area contributed by atoms with Gasteiger partial charge in [-0.3, -0.25) is 4.98 Å². The van der Waals surface area contributed by atoms with E-state index >= 15 is 0 Å². The molecule has 2 rings (SSSR count). The van der Waals surface area contributed by atoms with E-state index in [-0.39, 0.29) is 11.8 Å². The van der Waals surface area contributed by atoms with E-state index in [0.29, 0.717) is 5.75 Å². The maximum atomic E-state index is 13.8. The fourth-order valence-electron chi connectivity index (χ4n) is 2.16. The molecule has 1 aromatic heterocycles. The van der Waals surface area contributed by atoms with Crippen LogP contribution < -0.4 is 14.8 Å². The lowest BCUT2D eigenvalue weighted by atomic mass is 9.99. The van der Waals surface area contributed by atoms with Crippen molar-refractivity contribution < 1.29 is 13.9 Å². The molecule has 1 unspecified atom stereocenters. The Hall–Kier alpha value is -2.14. The van der Waals surface area contributed by atoms with Crippen molar-refractivity contribution in [3.8, 4) is 11.5 Å². The van der Waals surface area contributed by atoms with Gasteiger partial charge in [0.05, 0.1) is 26.5 Å². The average Bonchev–Trinajstić information content (AvgIpc) is 2.49. The highest BCUT2D eigenvalue weighted by atomic mass is 19.1. The van der Waals surface area contributed by atoms with E-state index < -0.39 is 5.82 Å². The third kappa shape index (κ3) is 2.72. The molecule has 0 aliphatic rings. The van der Waals surface area contributed by atoms with Gasteiger partial charge in [0, 0.05) is 11.8 Å². The normalized spacial score (nSPS) is 12.0. The van der Waals surface area contributed by atoms with Crippen molar-refractivity contribution in [2.45, 2.75) is 6.04 Å². The molecular formula is C15H17FN2O2. The first kappa shape index (κ1) is 14.3. The summed E-state index contributed by atoms with van der Waals surface area (Å²) in [6.45, 7) is 0. The Labute approximate surface area is 117 Å². The molecule has 106 valence electrons. The number of nitrogens with zero attached hydrogens (tertiary/aromatic N) is 1. The summed E-state index contributed by atoms with van der Waals surface area (Å²) >= 11 is 0. The Balaban J connectivity index is 2.44. The fourth-order valence-corrected chi connectivity index (χ4v) is 2.16. The third-order valence-electron chi connectivity index (χ3n) is 3.15. The van der Waals surface area contributed by atoms with E-state index in [1.807, 2.05) is 19.2 Å². The summed E-state index contributed by atoms with van der Waals surface area (Å²) in [7, 11) is 4.84. The molecule has 2 aromatic rings. The maximum Gasteiger partial charge on any atom is 0.165 e. The fraction of sp³-hybridized carbons (Fsp3) is 0.267. The molecule has 20 heavy (non-hydrogen) atoms. The number of methoxy groups -OCH3 is 2. The van der Waals surface area contributed by atoms with Crippen LogP contribution in [-0.2, 0) is 0 Å². The predicted octanol–water partition coefficient (Wildman–Crippen LogP) is 2.55. The second kappa shape index (κ2) is 6.34. The molecule has 1 aromatic carbocycles. The minimum atomic E-state index is -0.390. The number of hydrogen-bond donors (Lipinski definition) is 1. The van der Waals surface area contributed by atoms with Gasteiger partial charge in [-0.1, -0.05) is 6.07 Å². The molecule has 0 saturated heterocycles. The summed E-state index contributed by atoms with van der Waals surface area (Å²) in [5.41, 5.74) is 1.69. The van der Waals surface area contributed by atoms with Gasteiger partial charge in [-0.15, -0.1) is 0 Å². The van der Waals surface area contributed by atoms with Crippen molar-refractivity contribution in [3.05, 3.63) is 53.6 Å². The zero-order valence-corrected chi connectivity index (χ0v) is 11.7. The minimum absolute atomic E-state index is 0.187. The van der Waals surface area contributed by atoms with E-state index in [0.717, 1.165) is 11.1 Å². The summed E-state index contributed by atoms with van der Waals surface area (Å²) in [6, 6.07) is 6.56. The van der Waals surface area contributed by atoms with Crippen LogP contribution in [-0.4, -0.2) is 26.3 Å². The van der Waals surface area contributed by atoms with Crippen molar-refractivity contribution in [2.75, 3.05) is 21.3 Å². The average molecular weight is 276 g/mol. The summed E-state index contributed by atoms with van der Waals surface area (Å²) in [5, 5.41) is 3.16. The van der Waals surface area contributed by atoms with Gasteiger partial charge < -0.3 is 14.8 Å². The molecule has 0 radical (unpaired) electrons. The zero-order valence-electron chi connectivity index (χ0n) is 11.7. The van der Waals surface area contributed by atoms with Gasteiger partial charge in [0.15, 0.2) is 11.6 Å². The number of aromatic nitrogens is 1. The molecule has 0 aliphatic heterocycles. The first-order valence-corrected chi connectivity index (χ1v) is 6.19. The van der Waals surface area contributed by atoms with Crippen LogP contribution in [0.3, 0.4) is 0 Å². The van der Waals surface area contributed by atoms with Crippen molar-refractivity contribution >= 4 is 0 Å². The number of benzene rings is 1. The Kier molecular flexibility index (Phi) is 4.53. The highest BCUT2D eigenvalue weighted by Gasteiger charge is 2.18. The van der Waals surface area contributed by atoms with Crippen molar-refractivity contribution in [1.29, 1.82) is 0 Å². The number of ether oxygens (including phenoxy) is 2. The molecule has 0 spiro atoms. The highest BCUT2D eigenvalue weighted by Crippen LogP contribution is 2.30. The molecule has 1 atom stereocenters. The number of hydrogen-bond acceptors (Lipinski definition) is 4. The van der Waals surface area contributed by atoms with Gasteiger partial charge >= 0.3 is 0 Å². The first-order valence-electron chi connectivity index (χ1n) is 6.19. The first-order chi connectivity index (χ1) is 9.71. The van der Waals surface area contributed by atoms with Crippen LogP contribution in [0.4, 0.5) is 4.39 Å². The molecule has 0 amide bonds. The van der Waals surface area contributed by atoms with E-state index in [9.17, 15) is 4.39 Å². The largest absolute Gasteiger partial charge is 0.495 e. The molecule has 0 aliphatic carbocycles. The van der Waals surface area contributed by atoms with Crippen molar-refractivity contribution in [2.24, 2.45) is 0 Å². The Bertz CT molecular complexity index is 590. The summed E-state index contributed by atoms with van der Waals surface area (Å²) in [6.07, 6.45) is 3.32. The zero-order chi connectivity index (χ0) is 14.5. The number of rotatable bonds is 5. The predicted molar refractivity (Wildman–Crippen MR) is 74.6 cm³/mol. The van der Waals surface area contributed by atoms with Crippen molar-refractivity contribution in [3.63, 3.8) is 0 Å². The van der Waals surface area contributed by atoms with Crippen LogP contribution in [0.15, 0.2) is 36.7 Å². The Morgan fingerprint density at radius 2 is 1.90 bits per heavy atom. The Morgan fingerprint density at radius 1 is 1.15 bits per heavy atom. The van der Waals surface area contributed by atoms with Crippen LogP contribution in [0.5, 0.6) is 11.5 Å². The lowest BCUT2D eigenvalue weighted by molar-refractivity contribution is 0.385. The quantitative estimate of drug-likeness (QED) is 0.911.